The highest BCUT2D eigenvalue weighted by Crippen LogP contribution is 2.29. The predicted molar refractivity (Wildman–Crippen MR) is 82.0 cm³/mol. The SMILES string of the molecule is C=Cc1cc2ccccc2c(CCC)c1CCC. The predicted octanol–water partition coefficient (Wildman–Crippen LogP) is 5.39. The molecule has 0 atom stereocenters. The van der Waals surface area contributed by atoms with Gasteiger partial charge in [0.1, 0.15) is 0 Å². The number of benzene rings is 2. The average Bonchev–Trinajstić information content (AvgIpc) is 2.41. The van der Waals surface area contributed by atoms with Gasteiger partial charge in [0.15, 0.2) is 0 Å². The third-order valence-electron chi connectivity index (χ3n) is 3.53. The van der Waals surface area contributed by atoms with Gasteiger partial charge in [-0.1, -0.05) is 63.6 Å². The standard InChI is InChI=1S/C18H22/c1-4-9-16-14(6-3)13-15-11-7-8-12-17(15)18(16)10-5-2/h6-8,11-13H,3-5,9-10H2,1-2H3. The lowest BCUT2D eigenvalue weighted by Gasteiger charge is -2.15. The van der Waals surface area contributed by atoms with Gasteiger partial charge in [-0.25, -0.2) is 0 Å². The molecule has 2 aromatic carbocycles. The van der Waals surface area contributed by atoms with Crippen LogP contribution in [0.5, 0.6) is 0 Å². The summed E-state index contributed by atoms with van der Waals surface area (Å²) in [5.41, 5.74) is 4.36. The summed E-state index contributed by atoms with van der Waals surface area (Å²) in [5.74, 6) is 0. The molecule has 0 spiro atoms. The molecule has 0 aliphatic heterocycles. The van der Waals surface area contributed by atoms with E-state index < -0.39 is 0 Å². The highest BCUT2D eigenvalue weighted by molar-refractivity contribution is 5.89. The van der Waals surface area contributed by atoms with E-state index >= 15 is 0 Å². The summed E-state index contributed by atoms with van der Waals surface area (Å²) in [7, 11) is 0. The fourth-order valence-electron chi connectivity index (χ4n) is 2.75. The Kier molecular flexibility index (Phi) is 4.19. The number of aryl methyl sites for hydroxylation is 1. The molecule has 94 valence electrons. The van der Waals surface area contributed by atoms with Crippen LogP contribution in [0.15, 0.2) is 36.9 Å². The molecule has 18 heavy (non-hydrogen) atoms. The second-order valence-corrected chi connectivity index (χ2v) is 4.85. The Bertz CT molecular complexity index is 549. The summed E-state index contributed by atoms with van der Waals surface area (Å²) in [6.07, 6.45) is 6.72. The lowest BCUT2D eigenvalue weighted by molar-refractivity contribution is 0.866. The summed E-state index contributed by atoms with van der Waals surface area (Å²) >= 11 is 0. The minimum absolute atomic E-state index is 1.15. The molecule has 0 bridgehead atoms. The van der Waals surface area contributed by atoms with Gasteiger partial charge < -0.3 is 0 Å². The van der Waals surface area contributed by atoms with Crippen LogP contribution in [-0.2, 0) is 12.8 Å². The number of rotatable bonds is 5. The maximum absolute atomic E-state index is 3.98. The van der Waals surface area contributed by atoms with E-state index in [1.165, 1.54) is 40.3 Å². The first-order valence-corrected chi connectivity index (χ1v) is 6.97. The van der Waals surface area contributed by atoms with E-state index in [4.69, 9.17) is 0 Å². The van der Waals surface area contributed by atoms with Gasteiger partial charge in [0.05, 0.1) is 0 Å². The fraction of sp³-hybridized carbons (Fsp3) is 0.333. The maximum atomic E-state index is 3.98. The lowest BCUT2D eigenvalue weighted by Crippen LogP contribution is -1.99. The van der Waals surface area contributed by atoms with Gasteiger partial charge in [-0.2, -0.15) is 0 Å². The zero-order chi connectivity index (χ0) is 13.0. The first kappa shape index (κ1) is 12.9. The third-order valence-corrected chi connectivity index (χ3v) is 3.53. The van der Waals surface area contributed by atoms with Crippen molar-refractivity contribution in [2.75, 3.05) is 0 Å². The maximum Gasteiger partial charge on any atom is -0.0149 e. The van der Waals surface area contributed by atoms with Gasteiger partial charge in [-0.05, 0) is 46.4 Å². The molecule has 0 aliphatic rings. The first-order valence-electron chi connectivity index (χ1n) is 6.97. The highest BCUT2D eigenvalue weighted by Gasteiger charge is 2.10. The van der Waals surface area contributed by atoms with Crippen LogP contribution in [0.4, 0.5) is 0 Å². The average molecular weight is 238 g/mol. The Morgan fingerprint density at radius 1 is 1.00 bits per heavy atom. The molecule has 0 unspecified atom stereocenters. The van der Waals surface area contributed by atoms with Crippen molar-refractivity contribution >= 4 is 16.8 Å². The van der Waals surface area contributed by atoms with Gasteiger partial charge in [0.2, 0.25) is 0 Å². The van der Waals surface area contributed by atoms with E-state index in [9.17, 15) is 0 Å². The largest absolute Gasteiger partial charge is 0.0985 e. The van der Waals surface area contributed by atoms with Gasteiger partial charge in [0, 0.05) is 0 Å². The van der Waals surface area contributed by atoms with Crippen LogP contribution in [-0.4, -0.2) is 0 Å². The van der Waals surface area contributed by atoms with Crippen LogP contribution in [0, 0.1) is 0 Å². The second kappa shape index (κ2) is 5.86. The van der Waals surface area contributed by atoms with E-state index in [0.717, 1.165) is 12.8 Å². The number of hydrogen-bond acceptors (Lipinski definition) is 0. The molecule has 0 fully saturated rings. The Morgan fingerprint density at radius 3 is 2.33 bits per heavy atom. The third kappa shape index (κ3) is 2.33. The van der Waals surface area contributed by atoms with Crippen LogP contribution in [0.3, 0.4) is 0 Å². The molecule has 0 nitrogen and oxygen atoms in total. The van der Waals surface area contributed by atoms with Crippen molar-refractivity contribution in [1.82, 2.24) is 0 Å². The Morgan fingerprint density at radius 2 is 1.67 bits per heavy atom. The van der Waals surface area contributed by atoms with Crippen molar-refractivity contribution in [3.63, 3.8) is 0 Å². The molecule has 2 rings (SSSR count). The zero-order valence-electron chi connectivity index (χ0n) is 11.5. The van der Waals surface area contributed by atoms with Crippen molar-refractivity contribution in [2.45, 2.75) is 39.5 Å². The molecular weight excluding hydrogens is 216 g/mol. The van der Waals surface area contributed by atoms with E-state index in [1.54, 1.807) is 0 Å². The molecule has 0 amide bonds. The smallest absolute Gasteiger partial charge is 0.0149 e. The second-order valence-electron chi connectivity index (χ2n) is 4.85. The first-order chi connectivity index (χ1) is 8.81. The van der Waals surface area contributed by atoms with E-state index in [-0.39, 0.29) is 0 Å². The van der Waals surface area contributed by atoms with Crippen LogP contribution in [0.2, 0.25) is 0 Å². The Hall–Kier alpha value is -1.56. The molecule has 0 heteroatoms. The van der Waals surface area contributed by atoms with Gasteiger partial charge in [-0.15, -0.1) is 0 Å². The summed E-state index contributed by atoms with van der Waals surface area (Å²) in [6, 6.07) is 11.0. The normalized spacial score (nSPS) is 10.8. The van der Waals surface area contributed by atoms with Gasteiger partial charge >= 0.3 is 0 Å². The quantitative estimate of drug-likeness (QED) is 0.655. The van der Waals surface area contributed by atoms with Crippen molar-refractivity contribution in [1.29, 1.82) is 0 Å². The Labute approximate surface area is 110 Å². The number of fused-ring (bicyclic) bond motifs is 1. The van der Waals surface area contributed by atoms with Crippen LogP contribution in [0.25, 0.3) is 16.8 Å². The minimum atomic E-state index is 1.15. The van der Waals surface area contributed by atoms with Crippen LogP contribution >= 0.6 is 0 Å². The van der Waals surface area contributed by atoms with Crippen molar-refractivity contribution < 1.29 is 0 Å². The topological polar surface area (TPSA) is 0 Å². The fourth-order valence-corrected chi connectivity index (χ4v) is 2.75. The summed E-state index contributed by atoms with van der Waals surface area (Å²) in [5, 5.41) is 2.77. The van der Waals surface area contributed by atoms with E-state index in [0.29, 0.717) is 0 Å². The molecule has 0 N–H and O–H groups in total. The molecule has 0 aromatic heterocycles. The molecule has 0 saturated heterocycles. The highest BCUT2D eigenvalue weighted by atomic mass is 14.1. The molecular formula is C18H22. The molecule has 2 aromatic rings. The summed E-state index contributed by atoms with van der Waals surface area (Å²) in [4.78, 5) is 0. The Balaban J connectivity index is 2.74. The summed E-state index contributed by atoms with van der Waals surface area (Å²) < 4.78 is 0. The van der Waals surface area contributed by atoms with E-state index in [2.05, 4.69) is 50.8 Å². The number of hydrogen-bond donors (Lipinski definition) is 0. The van der Waals surface area contributed by atoms with Crippen LogP contribution in [0.1, 0.15) is 43.4 Å². The summed E-state index contributed by atoms with van der Waals surface area (Å²) in [6.45, 7) is 8.48. The van der Waals surface area contributed by atoms with Crippen LogP contribution < -0.4 is 0 Å². The molecule has 0 heterocycles. The van der Waals surface area contributed by atoms with Gasteiger partial charge in [0.25, 0.3) is 0 Å². The van der Waals surface area contributed by atoms with Gasteiger partial charge in [-0.3, -0.25) is 0 Å². The molecule has 0 saturated carbocycles. The lowest BCUT2D eigenvalue weighted by atomic mass is 9.89. The monoisotopic (exact) mass is 238 g/mol. The zero-order valence-corrected chi connectivity index (χ0v) is 11.5. The minimum Gasteiger partial charge on any atom is -0.0985 e. The van der Waals surface area contributed by atoms with E-state index in [1.807, 2.05) is 6.08 Å². The van der Waals surface area contributed by atoms with Crippen molar-refractivity contribution in [2.24, 2.45) is 0 Å². The molecule has 0 radical (unpaired) electrons. The van der Waals surface area contributed by atoms with Crippen molar-refractivity contribution in [3.8, 4) is 0 Å². The van der Waals surface area contributed by atoms with Crippen molar-refractivity contribution in [3.05, 3.63) is 53.6 Å². The molecule has 0 aliphatic carbocycles.